The first-order valence-electron chi connectivity index (χ1n) is 7.30. The number of ketones is 1. The number of Topliss-reactive ketones (excluding diaryl/α,β-unsaturated/α-hetero) is 1. The fraction of sp³-hybridized carbons (Fsp3) is 0.562. The summed E-state index contributed by atoms with van der Waals surface area (Å²) < 4.78 is 6.02. The molecule has 0 bridgehead atoms. The van der Waals surface area contributed by atoms with Crippen molar-refractivity contribution in [3.05, 3.63) is 28.2 Å². The molecule has 3 nitrogen and oxygen atoms in total. The molecular formula is C16H22BrNO2. The van der Waals surface area contributed by atoms with Gasteiger partial charge in [0.15, 0.2) is 5.78 Å². The van der Waals surface area contributed by atoms with Crippen molar-refractivity contribution in [2.45, 2.75) is 32.1 Å². The number of benzene rings is 1. The van der Waals surface area contributed by atoms with Gasteiger partial charge in [0.2, 0.25) is 0 Å². The van der Waals surface area contributed by atoms with E-state index >= 15 is 0 Å². The first-order valence-corrected chi connectivity index (χ1v) is 8.09. The third kappa shape index (κ3) is 4.32. The van der Waals surface area contributed by atoms with Crippen molar-refractivity contribution in [1.29, 1.82) is 0 Å². The van der Waals surface area contributed by atoms with Crippen LogP contribution in [-0.4, -0.2) is 37.4 Å². The number of carbonyl (C=O) groups excluding carboxylic acids is 1. The van der Waals surface area contributed by atoms with E-state index in [1.165, 1.54) is 32.1 Å². The molecule has 20 heavy (non-hydrogen) atoms. The van der Waals surface area contributed by atoms with E-state index in [1.54, 1.807) is 7.11 Å². The Kier molecular flexibility index (Phi) is 6.05. The molecule has 0 radical (unpaired) electrons. The van der Waals surface area contributed by atoms with E-state index in [-0.39, 0.29) is 5.78 Å². The number of rotatable bonds is 4. The predicted molar refractivity (Wildman–Crippen MR) is 84.5 cm³/mol. The highest BCUT2D eigenvalue weighted by Gasteiger charge is 2.15. The standard InChI is InChI=1S/C16H22BrNO2/c1-20-16-8-7-13(11-14(16)17)15(19)12-18-9-5-3-2-4-6-10-18/h7-8,11H,2-6,9-10,12H2,1H3. The lowest BCUT2D eigenvalue weighted by Crippen LogP contribution is -2.32. The highest BCUT2D eigenvalue weighted by Crippen LogP contribution is 2.25. The minimum atomic E-state index is 0.189. The van der Waals surface area contributed by atoms with Crippen LogP contribution in [0.15, 0.2) is 22.7 Å². The number of hydrogen-bond acceptors (Lipinski definition) is 3. The van der Waals surface area contributed by atoms with Crippen LogP contribution in [0.4, 0.5) is 0 Å². The Morgan fingerprint density at radius 2 is 1.85 bits per heavy atom. The van der Waals surface area contributed by atoms with Gasteiger partial charge in [-0.25, -0.2) is 0 Å². The molecule has 0 aromatic heterocycles. The van der Waals surface area contributed by atoms with Crippen molar-refractivity contribution in [1.82, 2.24) is 4.90 Å². The van der Waals surface area contributed by atoms with Crippen molar-refractivity contribution in [3.8, 4) is 5.75 Å². The van der Waals surface area contributed by atoms with Gasteiger partial charge in [-0.2, -0.15) is 0 Å². The van der Waals surface area contributed by atoms with Gasteiger partial charge >= 0.3 is 0 Å². The third-order valence-electron chi connectivity index (χ3n) is 3.79. The van der Waals surface area contributed by atoms with E-state index < -0.39 is 0 Å². The van der Waals surface area contributed by atoms with Gasteiger partial charge in [-0.1, -0.05) is 19.3 Å². The predicted octanol–water partition coefficient (Wildman–Crippen LogP) is 3.91. The SMILES string of the molecule is COc1ccc(C(=O)CN2CCCCCCC2)cc1Br. The molecule has 0 atom stereocenters. The van der Waals surface area contributed by atoms with E-state index in [0.717, 1.165) is 28.9 Å². The second-order valence-electron chi connectivity index (χ2n) is 5.32. The lowest BCUT2D eigenvalue weighted by atomic mass is 10.1. The maximum atomic E-state index is 12.4. The van der Waals surface area contributed by atoms with Crippen LogP contribution in [0.25, 0.3) is 0 Å². The average Bonchev–Trinajstić information content (AvgIpc) is 2.41. The number of ether oxygens (including phenoxy) is 1. The molecule has 1 fully saturated rings. The maximum absolute atomic E-state index is 12.4. The number of likely N-dealkylation sites (tertiary alicyclic amines) is 1. The Balaban J connectivity index is 1.98. The minimum Gasteiger partial charge on any atom is -0.496 e. The Labute approximate surface area is 129 Å². The number of carbonyl (C=O) groups is 1. The second-order valence-corrected chi connectivity index (χ2v) is 6.17. The van der Waals surface area contributed by atoms with E-state index in [0.29, 0.717) is 6.54 Å². The minimum absolute atomic E-state index is 0.189. The van der Waals surface area contributed by atoms with Crippen LogP contribution in [0.5, 0.6) is 5.75 Å². The summed E-state index contributed by atoms with van der Waals surface area (Å²) in [4.78, 5) is 14.7. The largest absolute Gasteiger partial charge is 0.496 e. The summed E-state index contributed by atoms with van der Waals surface area (Å²) in [6, 6.07) is 5.53. The van der Waals surface area contributed by atoms with Gasteiger partial charge in [-0.3, -0.25) is 9.69 Å². The molecule has 0 spiro atoms. The van der Waals surface area contributed by atoms with E-state index in [1.807, 2.05) is 18.2 Å². The average molecular weight is 340 g/mol. The zero-order chi connectivity index (χ0) is 14.4. The Bertz CT molecular complexity index is 454. The fourth-order valence-electron chi connectivity index (χ4n) is 2.61. The van der Waals surface area contributed by atoms with Crippen molar-refractivity contribution in [2.75, 3.05) is 26.7 Å². The molecule has 0 unspecified atom stereocenters. The molecule has 4 heteroatoms. The van der Waals surface area contributed by atoms with Gasteiger partial charge in [0.25, 0.3) is 0 Å². The summed E-state index contributed by atoms with van der Waals surface area (Å²) in [5.74, 6) is 0.946. The number of methoxy groups -OCH3 is 1. The quantitative estimate of drug-likeness (QED) is 0.779. The molecule has 1 saturated heterocycles. The van der Waals surface area contributed by atoms with Gasteiger partial charge < -0.3 is 4.74 Å². The Morgan fingerprint density at radius 1 is 1.20 bits per heavy atom. The summed E-state index contributed by atoms with van der Waals surface area (Å²) in [5, 5.41) is 0. The monoisotopic (exact) mass is 339 g/mol. The van der Waals surface area contributed by atoms with Gasteiger partial charge in [0.1, 0.15) is 5.75 Å². The van der Waals surface area contributed by atoms with Crippen LogP contribution in [0.2, 0.25) is 0 Å². The molecule has 1 aliphatic rings. The molecule has 0 N–H and O–H groups in total. The van der Waals surface area contributed by atoms with Crippen molar-refractivity contribution < 1.29 is 9.53 Å². The van der Waals surface area contributed by atoms with E-state index in [4.69, 9.17) is 4.74 Å². The normalized spacial score (nSPS) is 17.3. The Hall–Kier alpha value is -0.870. The molecular weight excluding hydrogens is 318 g/mol. The second kappa shape index (κ2) is 7.79. The van der Waals surface area contributed by atoms with Crippen LogP contribution < -0.4 is 4.74 Å². The van der Waals surface area contributed by atoms with Crippen LogP contribution >= 0.6 is 15.9 Å². The van der Waals surface area contributed by atoms with Crippen LogP contribution in [0, 0.1) is 0 Å². The van der Waals surface area contributed by atoms with Crippen LogP contribution in [0.1, 0.15) is 42.5 Å². The third-order valence-corrected chi connectivity index (χ3v) is 4.41. The van der Waals surface area contributed by atoms with Crippen LogP contribution in [0.3, 0.4) is 0 Å². The summed E-state index contributed by atoms with van der Waals surface area (Å²) in [7, 11) is 1.63. The molecule has 2 rings (SSSR count). The van der Waals surface area contributed by atoms with Crippen molar-refractivity contribution in [3.63, 3.8) is 0 Å². The smallest absolute Gasteiger partial charge is 0.176 e. The molecule has 1 aliphatic heterocycles. The van der Waals surface area contributed by atoms with E-state index in [9.17, 15) is 4.79 Å². The summed E-state index contributed by atoms with van der Waals surface area (Å²) in [6.07, 6.45) is 6.34. The molecule has 1 aromatic carbocycles. The molecule has 0 aliphatic carbocycles. The molecule has 1 aromatic rings. The van der Waals surface area contributed by atoms with E-state index in [2.05, 4.69) is 20.8 Å². The van der Waals surface area contributed by atoms with Gasteiger partial charge in [-0.15, -0.1) is 0 Å². The molecule has 0 amide bonds. The number of halogens is 1. The molecule has 110 valence electrons. The number of nitrogens with zero attached hydrogens (tertiary/aromatic N) is 1. The summed E-state index contributed by atoms with van der Waals surface area (Å²) in [5.41, 5.74) is 0.750. The van der Waals surface area contributed by atoms with Crippen molar-refractivity contribution >= 4 is 21.7 Å². The fourth-order valence-corrected chi connectivity index (χ4v) is 3.15. The zero-order valence-corrected chi connectivity index (χ0v) is 13.6. The van der Waals surface area contributed by atoms with Gasteiger partial charge in [-0.05, 0) is 60.1 Å². The van der Waals surface area contributed by atoms with Crippen molar-refractivity contribution in [2.24, 2.45) is 0 Å². The highest BCUT2D eigenvalue weighted by atomic mass is 79.9. The number of hydrogen-bond donors (Lipinski definition) is 0. The topological polar surface area (TPSA) is 29.5 Å². The highest BCUT2D eigenvalue weighted by molar-refractivity contribution is 9.10. The van der Waals surface area contributed by atoms with Gasteiger partial charge in [0.05, 0.1) is 18.1 Å². The van der Waals surface area contributed by atoms with Crippen LogP contribution in [-0.2, 0) is 0 Å². The lowest BCUT2D eigenvalue weighted by Gasteiger charge is -2.23. The maximum Gasteiger partial charge on any atom is 0.176 e. The van der Waals surface area contributed by atoms with Gasteiger partial charge in [0, 0.05) is 5.56 Å². The first-order chi connectivity index (χ1) is 9.70. The first kappa shape index (κ1) is 15.5. The lowest BCUT2D eigenvalue weighted by molar-refractivity contribution is 0.0924. The summed E-state index contributed by atoms with van der Waals surface area (Å²) >= 11 is 3.43. The summed E-state index contributed by atoms with van der Waals surface area (Å²) in [6.45, 7) is 2.62. The molecule has 1 heterocycles. The Morgan fingerprint density at radius 3 is 2.45 bits per heavy atom. The zero-order valence-electron chi connectivity index (χ0n) is 12.0. The molecule has 0 saturated carbocycles.